The number of rotatable bonds is 3. The zero-order valence-electron chi connectivity index (χ0n) is 7.70. The van der Waals surface area contributed by atoms with Gasteiger partial charge in [-0.3, -0.25) is 0 Å². The number of aliphatic hydroxyl groups is 1. The van der Waals surface area contributed by atoms with E-state index in [4.69, 9.17) is 5.11 Å². The molecular formula is C11H14O2. The van der Waals surface area contributed by atoms with Gasteiger partial charge in [0.25, 0.3) is 0 Å². The fraction of sp³-hybridized carbons (Fsp3) is 0.273. The Kier molecular flexibility index (Phi) is 3.53. The molecule has 0 fully saturated rings. The fourth-order valence-corrected chi connectivity index (χ4v) is 1.10. The van der Waals surface area contributed by atoms with Crippen LogP contribution in [-0.4, -0.2) is 16.8 Å². The quantitative estimate of drug-likeness (QED) is 0.744. The maximum atomic E-state index is 9.58. The summed E-state index contributed by atoms with van der Waals surface area (Å²) in [6.45, 7) is 2.00. The van der Waals surface area contributed by atoms with Gasteiger partial charge >= 0.3 is 0 Å². The van der Waals surface area contributed by atoms with E-state index in [1.807, 2.05) is 37.3 Å². The van der Waals surface area contributed by atoms with E-state index in [-0.39, 0.29) is 6.61 Å². The first-order chi connectivity index (χ1) is 6.25. The highest BCUT2D eigenvalue weighted by molar-refractivity contribution is 5.58. The van der Waals surface area contributed by atoms with Gasteiger partial charge in [-0.1, -0.05) is 30.4 Å². The second-order valence-electron chi connectivity index (χ2n) is 2.93. The molecule has 1 rings (SSSR count). The number of aromatic hydroxyl groups is 1. The van der Waals surface area contributed by atoms with Crippen molar-refractivity contribution in [3.63, 3.8) is 0 Å². The molecule has 13 heavy (non-hydrogen) atoms. The minimum absolute atomic E-state index is 0.142. The largest absolute Gasteiger partial charge is 0.507 e. The molecule has 0 heterocycles. The summed E-state index contributed by atoms with van der Waals surface area (Å²) < 4.78 is 0. The van der Waals surface area contributed by atoms with Gasteiger partial charge in [0.2, 0.25) is 0 Å². The Morgan fingerprint density at radius 3 is 2.85 bits per heavy atom. The van der Waals surface area contributed by atoms with Crippen LogP contribution in [0.15, 0.2) is 24.3 Å². The minimum Gasteiger partial charge on any atom is -0.507 e. The fourth-order valence-electron chi connectivity index (χ4n) is 1.10. The molecule has 1 aromatic rings. The summed E-state index contributed by atoms with van der Waals surface area (Å²) >= 11 is 0. The van der Waals surface area contributed by atoms with E-state index in [1.165, 1.54) is 0 Å². The Morgan fingerprint density at radius 2 is 2.15 bits per heavy atom. The molecule has 2 heteroatoms. The second kappa shape index (κ2) is 4.67. The maximum Gasteiger partial charge on any atom is 0.125 e. The number of hydrogen-bond donors (Lipinski definition) is 2. The molecule has 0 bridgehead atoms. The predicted molar refractivity (Wildman–Crippen MR) is 53.6 cm³/mol. The van der Waals surface area contributed by atoms with Crippen molar-refractivity contribution < 1.29 is 10.2 Å². The Hall–Kier alpha value is -1.28. The predicted octanol–water partition coefficient (Wildman–Crippen LogP) is 2.10. The first-order valence-electron chi connectivity index (χ1n) is 4.31. The van der Waals surface area contributed by atoms with Crippen molar-refractivity contribution in [2.24, 2.45) is 0 Å². The van der Waals surface area contributed by atoms with Gasteiger partial charge in [-0.2, -0.15) is 0 Å². The van der Waals surface area contributed by atoms with Gasteiger partial charge in [0.05, 0.1) is 0 Å². The van der Waals surface area contributed by atoms with Gasteiger partial charge in [-0.05, 0) is 18.9 Å². The third-order valence-corrected chi connectivity index (χ3v) is 1.86. The van der Waals surface area contributed by atoms with Gasteiger partial charge in [0, 0.05) is 12.2 Å². The van der Waals surface area contributed by atoms with Crippen LogP contribution in [0.1, 0.15) is 17.5 Å². The lowest BCUT2D eigenvalue weighted by Gasteiger charge is -2.01. The highest BCUT2D eigenvalue weighted by atomic mass is 16.3. The number of para-hydroxylation sites is 1. The molecule has 0 atom stereocenters. The topological polar surface area (TPSA) is 40.5 Å². The Balaban J connectivity index is 2.83. The van der Waals surface area contributed by atoms with E-state index in [9.17, 15) is 5.11 Å². The molecule has 70 valence electrons. The lowest BCUT2D eigenvalue weighted by atomic mass is 10.1. The van der Waals surface area contributed by atoms with Crippen molar-refractivity contribution in [2.45, 2.75) is 13.3 Å². The third kappa shape index (κ3) is 2.60. The van der Waals surface area contributed by atoms with E-state index in [0.717, 1.165) is 11.1 Å². The van der Waals surface area contributed by atoms with Crippen molar-refractivity contribution in [3.05, 3.63) is 35.4 Å². The summed E-state index contributed by atoms with van der Waals surface area (Å²) in [5.41, 5.74) is 1.67. The summed E-state index contributed by atoms with van der Waals surface area (Å²) in [7, 11) is 0. The van der Waals surface area contributed by atoms with Crippen molar-refractivity contribution in [2.75, 3.05) is 6.61 Å². The average molecular weight is 178 g/mol. The normalized spacial score (nSPS) is 10.9. The zero-order valence-corrected chi connectivity index (χ0v) is 7.70. The van der Waals surface area contributed by atoms with Gasteiger partial charge in [0.1, 0.15) is 5.75 Å². The molecule has 0 saturated heterocycles. The number of phenolic OH excluding ortho intramolecular Hbond substituents is 1. The molecule has 0 aliphatic rings. The highest BCUT2D eigenvalue weighted by Gasteiger charge is 1.98. The molecule has 2 N–H and O–H groups in total. The molecule has 0 aromatic heterocycles. The van der Waals surface area contributed by atoms with Crippen LogP contribution in [0.2, 0.25) is 0 Å². The maximum absolute atomic E-state index is 9.58. The van der Waals surface area contributed by atoms with Crippen LogP contribution in [0.4, 0.5) is 0 Å². The lowest BCUT2D eigenvalue weighted by molar-refractivity contribution is 0.303. The first kappa shape index (κ1) is 9.81. The molecule has 0 radical (unpaired) electrons. The van der Waals surface area contributed by atoms with Crippen LogP contribution in [-0.2, 0) is 0 Å². The van der Waals surface area contributed by atoms with Crippen molar-refractivity contribution >= 4 is 6.08 Å². The van der Waals surface area contributed by atoms with E-state index >= 15 is 0 Å². The summed E-state index contributed by atoms with van der Waals surface area (Å²) in [5, 5.41) is 18.1. The van der Waals surface area contributed by atoms with Crippen molar-refractivity contribution in [3.8, 4) is 5.75 Å². The van der Waals surface area contributed by atoms with Crippen LogP contribution in [0, 0.1) is 6.92 Å². The minimum atomic E-state index is 0.142. The smallest absolute Gasteiger partial charge is 0.125 e. The molecule has 0 aliphatic carbocycles. The Labute approximate surface area is 78.2 Å². The number of hydrogen-bond acceptors (Lipinski definition) is 2. The van der Waals surface area contributed by atoms with Gasteiger partial charge in [-0.25, -0.2) is 0 Å². The molecular weight excluding hydrogens is 164 g/mol. The zero-order chi connectivity index (χ0) is 9.68. The van der Waals surface area contributed by atoms with Crippen LogP contribution in [0.25, 0.3) is 6.08 Å². The third-order valence-electron chi connectivity index (χ3n) is 1.86. The van der Waals surface area contributed by atoms with Crippen LogP contribution < -0.4 is 0 Å². The second-order valence-corrected chi connectivity index (χ2v) is 2.93. The van der Waals surface area contributed by atoms with Crippen LogP contribution in [0.5, 0.6) is 5.75 Å². The number of aliphatic hydroxyl groups excluding tert-OH is 1. The van der Waals surface area contributed by atoms with Crippen molar-refractivity contribution in [1.29, 1.82) is 0 Å². The summed E-state index contributed by atoms with van der Waals surface area (Å²) in [6, 6.07) is 5.60. The number of benzene rings is 1. The molecule has 0 amide bonds. The monoisotopic (exact) mass is 178 g/mol. The van der Waals surface area contributed by atoms with Gasteiger partial charge < -0.3 is 10.2 Å². The highest BCUT2D eigenvalue weighted by Crippen LogP contribution is 2.22. The molecule has 0 unspecified atom stereocenters. The lowest BCUT2D eigenvalue weighted by Crippen LogP contribution is -1.80. The number of phenols is 1. The molecule has 2 nitrogen and oxygen atoms in total. The van der Waals surface area contributed by atoms with Crippen molar-refractivity contribution in [1.82, 2.24) is 0 Å². The average Bonchev–Trinajstić information content (AvgIpc) is 2.13. The van der Waals surface area contributed by atoms with Crippen LogP contribution in [0.3, 0.4) is 0 Å². The Morgan fingerprint density at radius 1 is 1.38 bits per heavy atom. The van der Waals surface area contributed by atoms with E-state index in [0.29, 0.717) is 12.2 Å². The summed E-state index contributed by atoms with van der Waals surface area (Å²) in [6.07, 6.45) is 4.28. The van der Waals surface area contributed by atoms with Gasteiger partial charge in [-0.15, -0.1) is 0 Å². The summed E-state index contributed by atoms with van der Waals surface area (Å²) in [5.74, 6) is 0.316. The Bertz CT molecular complexity index is 303. The standard InChI is InChI=1S/C11H14O2/c1-9-5-4-7-10(11(9)13)6-2-3-8-12/h2,4-7,12-13H,3,8H2,1H3. The molecule has 1 aromatic carbocycles. The van der Waals surface area contributed by atoms with Gasteiger partial charge in [0.15, 0.2) is 0 Å². The number of aryl methyl sites for hydroxylation is 1. The molecule has 0 saturated carbocycles. The molecule has 0 spiro atoms. The first-order valence-corrected chi connectivity index (χ1v) is 4.31. The van der Waals surface area contributed by atoms with E-state index in [1.54, 1.807) is 0 Å². The SMILES string of the molecule is Cc1cccc(C=CCCO)c1O. The van der Waals surface area contributed by atoms with E-state index in [2.05, 4.69) is 0 Å². The van der Waals surface area contributed by atoms with Crippen LogP contribution >= 0.6 is 0 Å². The molecule has 0 aliphatic heterocycles. The summed E-state index contributed by atoms with van der Waals surface area (Å²) in [4.78, 5) is 0. The van der Waals surface area contributed by atoms with E-state index < -0.39 is 0 Å².